The minimum absolute atomic E-state index is 0.0182. The lowest BCUT2D eigenvalue weighted by Gasteiger charge is -2.14. The first-order valence-corrected chi connectivity index (χ1v) is 8.53. The third-order valence-corrected chi connectivity index (χ3v) is 4.51. The average Bonchev–Trinajstić information content (AvgIpc) is 3.21. The standard InChI is InChI=1S/C19H18N6O2/c1-12(26)24-10-9-13-11-14(7-8-16(13)24)21-22-17-18(20)23-25(19(17)27)15-5-3-2-4-6-15/h2-8,11,23H,9-10,20H2,1H3. The van der Waals surface area contributed by atoms with Gasteiger partial charge in [-0.2, -0.15) is 5.11 Å². The highest BCUT2D eigenvalue weighted by Crippen LogP contribution is 2.32. The van der Waals surface area contributed by atoms with Crippen LogP contribution in [0.25, 0.3) is 5.69 Å². The molecule has 8 nitrogen and oxygen atoms in total. The SMILES string of the molecule is CC(=O)N1CCc2cc(N=Nc3c(N)[nH]n(-c4ccccc4)c3=O)ccc21. The van der Waals surface area contributed by atoms with E-state index in [0.29, 0.717) is 17.9 Å². The van der Waals surface area contributed by atoms with Gasteiger partial charge >= 0.3 is 5.56 Å². The van der Waals surface area contributed by atoms with Crippen LogP contribution in [0.5, 0.6) is 0 Å². The van der Waals surface area contributed by atoms with Crippen LogP contribution in [0.3, 0.4) is 0 Å². The highest BCUT2D eigenvalue weighted by Gasteiger charge is 2.22. The summed E-state index contributed by atoms with van der Waals surface area (Å²) in [5.41, 5.74) is 8.80. The molecule has 27 heavy (non-hydrogen) atoms. The Labute approximate surface area is 154 Å². The molecule has 0 radical (unpaired) electrons. The van der Waals surface area contributed by atoms with E-state index in [1.54, 1.807) is 30.0 Å². The number of aromatic amines is 1. The number of azo groups is 1. The zero-order valence-corrected chi connectivity index (χ0v) is 14.7. The fourth-order valence-electron chi connectivity index (χ4n) is 3.19. The van der Waals surface area contributed by atoms with E-state index in [1.165, 1.54) is 4.68 Å². The van der Waals surface area contributed by atoms with Gasteiger partial charge in [-0.3, -0.25) is 14.7 Å². The maximum Gasteiger partial charge on any atom is 0.301 e. The van der Waals surface area contributed by atoms with Crippen LogP contribution in [0.1, 0.15) is 12.5 Å². The van der Waals surface area contributed by atoms with Crippen LogP contribution < -0.4 is 16.2 Å². The summed E-state index contributed by atoms with van der Waals surface area (Å²) < 4.78 is 1.33. The number of rotatable bonds is 3. The second kappa shape index (κ2) is 6.56. The van der Waals surface area contributed by atoms with Gasteiger partial charge in [0.15, 0.2) is 5.69 Å². The number of hydrogen-bond acceptors (Lipinski definition) is 5. The number of nitrogens with one attached hydrogen (secondary N) is 1. The predicted octanol–water partition coefficient (Wildman–Crippen LogP) is 3.07. The van der Waals surface area contributed by atoms with Crippen LogP contribution in [0, 0.1) is 0 Å². The van der Waals surface area contributed by atoms with Gasteiger partial charge in [-0.05, 0) is 42.3 Å². The van der Waals surface area contributed by atoms with Crippen molar-refractivity contribution < 1.29 is 4.79 Å². The van der Waals surface area contributed by atoms with Crippen LogP contribution >= 0.6 is 0 Å². The number of carbonyl (C=O) groups excluding carboxylic acids is 1. The van der Waals surface area contributed by atoms with Crippen molar-refractivity contribution in [2.24, 2.45) is 10.2 Å². The Morgan fingerprint density at radius 1 is 1.15 bits per heavy atom. The molecule has 0 unspecified atom stereocenters. The number of H-pyrrole nitrogens is 1. The Kier molecular flexibility index (Phi) is 4.08. The van der Waals surface area contributed by atoms with Gasteiger partial charge in [-0.15, -0.1) is 5.11 Å². The lowest BCUT2D eigenvalue weighted by molar-refractivity contribution is -0.116. The van der Waals surface area contributed by atoms with Crippen LogP contribution in [-0.2, 0) is 11.2 Å². The lowest BCUT2D eigenvalue weighted by Crippen LogP contribution is -2.25. The zero-order chi connectivity index (χ0) is 19.0. The van der Waals surface area contributed by atoms with Crippen molar-refractivity contribution in [3.05, 3.63) is 64.4 Å². The number of hydrogen-bond donors (Lipinski definition) is 2. The molecule has 4 rings (SSSR count). The van der Waals surface area contributed by atoms with E-state index >= 15 is 0 Å². The topological polar surface area (TPSA) is 109 Å². The summed E-state index contributed by atoms with van der Waals surface area (Å²) in [6.45, 7) is 2.22. The van der Waals surface area contributed by atoms with Crippen LogP contribution in [0.15, 0.2) is 63.6 Å². The van der Waals surface area contributed by atoms with Crippen molar-refractivity contribution in [1.82, 2.24) is 9.78 Å². The second-order valence-electron chi connectivity index (χ2n) is 6.28. The molecule has 0 saturated carbocycles. The lowest BCUT2D eigenvalue weighted by atomic mass is 10.1. The number of aromatic nitrogens is 2. The fourth-order valence-corrected chi connectivity index (χ4v) is 3.19. The molecule has 0 atom stereocenters. The number of anilines is 2. The first-order valence-electron chi connectivity index (χ1n) is 8.53. The van der Waals surface area contributed by atoms with Crippen molar-refractivity contribution in [1.29, 1.82) is 0 Å². The zero-order valence-electron chi connectivity index (χ0n) is 14.7. The molecule has 1 aromatic heterocycles. The Bertz CT molecular complexity index is 1100. The first-order chi connectivity index (χ1) is 13.0. The molecule has 0 spiro atoms. The van der Waals surface area contributed by atoms with Gasteiger partial charge in [-0.25, -0.2) is 4.68 Å². The number of carbonyl (C=O) groups is 1. The average molecular weight is 362 g/mol. The Balaban J connectivity index is 1.64. The molecule has 3 aromatic rings. The molecular weight excluding hydrogens is 344 g/mol. The van der Waals surface area contributed by atoms with Gasteiger partial charge in [0.05, 0.1) is 11.4 Å². The summed E-state index contributed by atoms with van der Waals surface area (Å²) in [5, 5.41) is 11.0. The Morgan fingerprint density at radius 2 is 1.93 bits per heavy atom. The Hall–Kier alpha value is -3.68. The molecule has 0 fully saturated rings. The van der Waals surface area contributed by atoms with Crippen molar-refractivity contribution in [3.8, 4) is 5.69 Å². The van der Waals surface area contributed by atoms with E-state index < -0.39 is 0 Å². The minimum atomic E-state index is -0.369. The molecule has 2 heterocycles. The molecule has 1 aliphatic heterocycles. The largest absolute Gasteiger partial charge is 0.382 e. The quantitative estimate of drug-likeness (QED) is 0.699. The monoisotopic (exact) mass is 362 g/mol. The van der Waals surface area contributed by atoms with Crippen LogP contribution in [0.2, 0.25) is 0 Å². The van der Waals surface area contributed by atoms with Crippen LogP contribution in [-0.4, -0.2) is 22.2 Å². The van der Waals surface area contributed by atoms with Crippen molar-refractivity contribution in [3.63, 3.8) is 0 Å². The molecular formula is C19H18N6O2. The van der Waals surface area contributed by atoms with E-state index in [2.05, 4.69) is 15.3 Å². The van der Waals surface area contributed by atoms with Crippen molar-refractivity contribution in [2.45, 2.75) is 13.3 Å². The molecule has 0 aliphatic carbocycles. The van der Waals surface area contributed by atoms with Crippen LogP contribution in [0.4, 0.5) is 22.9 Å². The van der Waals surface area contributed by atoms with Gasteiger partial charge in [0.2, 0.25) is 5.91 Å². The summed E-state index contributed by atoms with van der Waals surface area (Å²) in [6.07, 6.45) is 0.769. The molecule has 0 saturated heterocycles. The smallest absolute Gasteiger partial charge is 0.301 e. The van der Waals surface area contributed by atoms with Gasteiger partial charge in [-0.1, -0.05) is 18.2 Å². The highest BCUT2D eigenvalue weighted by molar-refractivity contribution is 5.94. The number of nitrogen functional groups attached to an aromatic ring is 1. The summed E-state index contributed by atoms with van der Waals surface area (Å²) in [4.78, 5) is 25.9. The first kappa shape index (κ1) is 16.8. The molecule has 1 aliphatic rings. The summed E-state index contributed by atoms with van der Waals surface area (Å²) >= 11 is 0. The fraction of sp³-hybridized carbons (Fsp3) is 0.158. The number of amides is 1. The number of nitrogens with two attached hydrogens (primary N) is 1. The summed E-state index contributed by atoms with van der Waals surface area (Å²) in [6, 6.07) is 14.6. The van der Waals surface area contributed by atoms with E-state index in [1.807, 2.05) is 30.3 Å². The van der Waals surface area contributed by atoms with E-state index in [-0.39, 0.29) is 23.0 Å². The Morgan fingerprint density at radius 3 is 2.67 bits per heavy atom. The normalized spacial score (nSPS) is 13.3. The van der Waals surface area contributed by atoms with E-state index in [0.717, 1.165) is 17.7 Å². The molecule has 1 amide bonds. The number of benzene rings is 2. The third-order valence-electron chi connectivity index (χ3n) is 4.51. The maximum absolute atomic E-state index is 12.6. The predicted molar refractivity (Wildman–Crippen MR) is 103 cm³/mol. The highest BCUT2D eigenvalue weighted by atomic mass is 16.2. The van der Waals surface area contributed by atoms with E-state index in [4.69, 9.17) is 5.73 Å². The number of nitrogens with zero attached hydrogens (tertiary/aromatic N) is 4. The van der Waals surface area contributed by atoms with Crippen molar-refractivity contribution >= 4 is 28.8 Å². The van der Waals surface area contributed by atoms with Gasteiger partial charge in [0, 0.05) is 19.2 Å². The van der Waals surface area contributed by atoms with Gasteiger partial charge in [0.25, 0.3) is 0 Å². The molecule has 2 aromatic carbocycles. The minimum Gasteiger partial charge on any atom is -0.382 e. The van der Waals surface area contributed by atoms with E-state index in [9.17, 15) is 9.59 Å². The van der Waals surface area contributed by atoms with Crippen molar-refractivity contribution in [2.75, 3.05) is 17.2 Å². The summed E-state index contributed by atoms with van der Waals surface area (Å²) in [7, 11) is 0. The number of para-hydroxylation sites is 1. The molecule has 136 valence electrons. The third kappa shape index (κ3) is 3.01. The second-order valence-corrected chi connectivity index (χ2v) is 6.28. The van der Waals surface area contributed by atoms with Gasteiger partial charge in [0.1, 0.15) is 5.82 Å². The van der Waals surface area contributed by atoms with Gasteiger partial charge < -0.3 is 10.6 Å². The molecule has 3 N–H and O–H groups in total. The molecule has 8 heteroatoms. The summed E-state index contributed by atoms with van der Waals surface area (Å²) in [5.74, 6) is 0.168. The molecule has 0 bridgehead atoms. The maximum atomic E-state index is 12.6. The number of fused-ring (bicyclic) bond motifs is 1.